The van der Waals surface area contributed by atoms with Crippen LogP contribution in [0.2, 0.25) is 0 Å². The molecule has 3 fully saturated rings. The summed E-state index contributed by atoms with van der Waals surface area (Å²) in [6.07, 6.45) is 1.65. The molecule has 2 N–H and O–H groups in total. The second kappa shape index (κ2) is 14.6. The number of carbonyl (C=O) groups is 2. The van der Waals surface area contributed by atoms with Gasteiger partial charge >= 0.3 is 5.69 Å². The lowest BCUT2D eigenvalue weighted by atomic mass is 10.1. The van der Waals surface area contributed by atoms with Gasteiger partial charge in [-0.15, -0.1) is 0 Å². The summed E-state index contributed by atoms with van der Waals surface area (Å²) in [5.74, 6) is 5.44. The highest BCUT2D eigenvalue weighted by Gasteiger charge is 2.33. The summed E-state index contributed by atoms with van der Waals surface area (Å²) in [6, 6.07) is 4.96. The van der Waals surface area contributed by atoms with Gasteiger partial charge in [0.15, 0.2) is 11.2 Å². The maximum absolute atomic E-state index is 13.2. The summed E-state index contributed by atoms with van der Waals surface area (Å²) in [4.78, 5) is 60.4. The monoisotopic (exact) mass is 696 g/mol. The van der Waals surface area contributed by atoms with Crippen LogP contribution in [0.15, 0.2) is 32.9 Å². The zero-order valence-electron chi connectivity index (χ0n) is 27.6. The van der Waals surface area contributed by atoms with Gasteiger partial charge in [0.1, 0.15) is 0 Å². The molecule has 16 nitrogen and oxygen atoms in total. The fraction of sp³-hybridized carbons (Fsp3) is 0.531. The second-order valence-corrected chi connectivity index (χ2v) is 14.5. The molecule has 2 aromatic heterocycles. The topological polar surface area (TPSA) is 179 Å². The van der Waals surface area contributed by atoms with Crippen LogP contribution in [0, 0.1) is 17.8 Å². The fourth-order valence-electron chi connectivity index (χ4n) is 5.89. The number of fused-ring (bicyclic) bond motifs is 1. The predicted molar refractivity (Wildman–Crippen MR) is 180 cm³/mol. The molecule has 0 bridgehead atoms. The van der Waals surface area contributed by atoms with Gasteiger partial charge in [0.05, 0.1) is 51.8 Å². The average molecular weight is 697 g/mol. The van der Waals surface area contributed by atoms with Crippen LogP contribution in [0.1, 0.15) is 18.4 Å². The summed E-state index contributed by atoms with van der Waals surface area (Å²) in [5.41, 5.74) is -0.171. The third-order valence-corrected chi connectivity index (χ3v) is 10.5. The molecule has 1 aromatic carbocycles. The molecule has 3 aliphatic rings. The minimum absolute atomic E-state index is 0.0199. The number of aryl methyl sites for hydroxylation is 1. The van der Waals surface area contributed by atoms with Crippen LogP contribution in [0.5, 0.6) is 0 Å². The molecule has 6 rings (SSSR count). The smallest absolute Gasteiger partial charge is 0.333 e. The molecular formula is C32H40N8O8S. The molecule has 1 saturated carbocycles. The van der Waals surface area contributed by atoms with Crippen molar-refractivity contribution in [2.45, 2.75) is 24.5 Å². The summed E-state index contributed by atoms with van der Waals surface area (Å²) in [5, 5.41) is 5.51. The van der Waals surface area contributed by atoms with Crippen molar-refractivity contribution in [3.8, 4) is 11.8 Å². The highest BCUT2D eigenvalue weighted by Crippen LogP contribution is 2.32. The molecule has 3 aromatic rings. The lowest BCUT2D eigenvalue weighted by Gasteiger charge is -2.26. The molecule has 2 saturated heterocycles. The van der Waals surface area contributed by atoms with Gasteiger partial charge in [-0.1, -0.05) is 11.8 Å². The van der Waals surface area contributed by atoms with E-state index in [1.54, 1.807) is 18.2 Å². The van der Waals surface area contributed by atoms with Crippen molar-refractivity contribution < 1.29 is 27.5 Å². The van der Waals surface area contributed by atoms with Crippen molar-refractivity contribution in [3.05, 3.63) is 44.6 Å². The van der Waals surface area contributed by atoms with Crippen molar-refractivity contribution in [2.24, 2.45) is 20.0 Å². The van der Waals surface area contributed by atoms with Crippen molar-refractivity contribution in [2.75, 3.05) is 82.1 Å². The Balaban J connectivity index is 1.28. The number of aromatic nitrogens is 4. The Labute approximate surface area is 282 Å². The van der Waals surface area contributed by atoms with Gasteiger partial charge in [0.25, 0.3) is 5.56 Å². The predicted octanol–water partition coefficient (Wildman–Crippen LogP) is -0.789. The Morgan fingerprint density at radius 3 is 1.96 bits per heavy atom. The maximum atomic E-state index is 13.2. The molecule has 0 unspecified atom stereocenters. The molecule has 2 aliphatic heterocycles. The quantitative estimate of drug-likeness (QED) is 0.254. The van der Waals surface area contributed by atoms with E-state index >= 15 is 0 Å². The number of hydrogen-bond donors (Lipinski definition) is 2. The van der Waals surface area contributed by atoms with E-state index in [4.69, 9.17) is 9.47 Å². The number of carbonyl (C=O) groups excluding carboxylic acids is 2. The SMILES string of the molecule is Cn1c(=O)c2c(nc(S(=O)(=O)CC3CC3)n2C)n(CC#Cc2cc(NC(=O)CN3CCOCC3)cc(NC(=O)CN3CCOCC3)c2)c1=O. The van der Waals surface area contributed by atoms with Crippen LogP contribution < -0.4 is 21.9 Å². The number of imidazole rings is 1. The molecule has 2 amide bonds. The van der Waals surface area contributed by atoms with Gasteiger partial charge in [0.2, 0.25) is 26.8 Å². The zero-order valence-corrected chi connectivity index (χ0v) is 28.4. The van der Waals surface area contributed by atoms with E-state index < -0.39 is 21.1 Å². The number of benzene rings is 1. The fourth-order valence-corrected chi connectivity index (χ4v) is 7.73. The first-order valence-electron chi connectivity index (χ1n) is 16.2. The van der Waals surface area contributed by atoms with Crippen molar-refractivity contribution in [1.82, 2.24) is 28.5 Å². The minimum atomic E-state index is -3.80. The molecule has 0 radical (unpaired) electrons. The van der Waals surface area contributed by atoms with Gasteiger partial charge in [0, 0.05) is 57.2 Å². The van der Waals surface area contributed by atoms with E-state index in [0.717, 1.165) is 17.4 Å². The first kappa shape index (κ1) is 34.5. The Morgan fingerprint density at radius 1 is 0.878 bits per heavy atom. The number of amides is 2. The number of rotatable bonds is 10. The highest BCUT2D eigenvalue weighted by molar-refractivity contribution is 7.91. The Morgan fingerprint density at radius 2 is 1.43 bits per heavy atom. The number of anilines is 2. The number of sulfone groups is 1. The first-order valence-corrected chi connectivity index (χ1v) is 17.9. The highest BCUT2D eigenvalue weighted by atomic mass is 32.2. The van der Waals surface area contributed by atoms with Crippen LogP contribution in [0.3, 0.4) is 0 Å². The number of ether oxygens (including phenoxy) is 2. The van der Waals surface area contributed by atoms with Gasteiger partial charge in [-0.05, 0) is 37.0 Å². The number of nitrogens with zero attached hydrogens (tertiary/aromatic N) is 6. The molecule has 262 valence electrons. The summed E-state index contributed by atoms with van der Waals surface area (Å²) in [6.45, 7) is 4.92. The van der Waals surface area contributed by atoms with Gasteiger partial charge in [-0.2, -0.15) is 4.98 Å². The van der Waals surface area contributed by atoms with Gasteiger partial charge < -0.3 is 24.7 Å². The van der Waals surface area contributed by atoms with E-state index in [9.17, 15) is 27.6 Å². The molecule has 4 heterocycles. The Hall–Kier alpha value is -4.34. The maximum Gasteiger partial charge on any atom is 0.333 e. The molecule has 1 aliphatic carbocycles. The van der Waals surface area contributed by atoms with Gasteiger partial charge in [-0.3, -0.25) is 33.3 Å². The van der Waals surface area contributed by atoms with E-state index in [-0.39, 0.29) is 59.4 Å². The summed E-state index contributed by atoms with van der Waals surface area (Å²) < 4.78 is 40.3. The van der Waals surface area contributed by atoms with Gasteiger partial charge in [-0.25, -0.2) is 13.2 Å². The minimum Gasteiger partial charge on any atom is -0.379 e. The van der Waals surface area contributed by atoms with Crippen LogP contribution in [-0.2, 0) is 49.5 Å². The molecule has 0 atom stereocenters. The summed E-state index contributed by atoms with van der Waals surface area (Å²) >= 11 is 0. The number of morpholine rings is 2. The van der Waals surface area contributed by atoms with E-state index in [1.165, 1.54) is 23.2 Å². The van der Waals surface area contributed by atoms with E-state index in [0.29, 0.717) is 69.5 Å². The Bertz CT molecular complexity index is 1990. The third kappa shape index (κ3) is 8.28. The molecule has 17 heteroatoms. The normalized spacial score (nSPS) is 17.4. The Kier molecular flexibility index (Phi) is 10.3. The zero-order chi connectivity index (χ0) is 34.7. The number of hydrogen-bond acceptors (Lipinski definition) is 11. The largest absolute Gasteiger partial charge is 0.379 e. The lowest BCUT2D eigenvalue weighted by Crippen LogP contribution is -2.41. The second-order valence-electron chi connectivity index (χ2n) is 12.6. The molecule has 49 heavy (non-hydrogen) atoms. The summed E-state index contributed by atoms with van der Waals surface area (Å²) in [7, 11) is -1.03. The van der Waals surface area contributed by atoms with E-state index in [1.807, 2.05) is 9.80 Å². The van der Waals surface area contributed by atoms with Crippen LogP contribution in [0.4, 0.5) is 11.4 Å². The van der Waals surface area contributed by atoms with Crippen LogP contribution in [0.25, 0.3) is 11.2 Å². The molecule has 0 spiro atoms. The third-order valence-electron chi connectivity index (χ3n) is 8.66. The average Bonchev–Trinajstić information content (AvgIpc) is 3.80. The van der Waals surface area contributed by atoms with Crippen LogP contribution in [-0.4, -0.2) is 120 Å². The standard InChI is InChI=1S/C32H40N8O8S/c1-36-28-29(35-31(36)49(45,46)21-22-5-6-22)40(32(44)37(2)30(28)43)7-3-4-23-16-24(33-26(41)19-38-8-12-47-13-9-38)18-25(17-23)34-27(42)20-39-10-14-48-15-11-39/h16-18,22H,5-15,19-21H2,1-2H3,(H,33,41)(H,34,42). The lowest BCUT2D eigenvalue weighted by molar-refractivity contribution is -0.119. The van der Waals surface area contributed by atoms with E-state index in [2.05, 4.69) is 27.5 Å². The van der Waals surface area contributed by atoms with Crippen molar-refractivity contribution >= 4 is 44.2 Å². The molecular weight excluding hydrogens is 656 g/mol. The van der Waals surface area contributed by atoms with Crippen molar-refractivity contribution in [1.29, 1.82) is 0 Å². The first-order chi connectivity index (χ1) is 23.5. The van der Waals surface area contributed by atoms with Crippen molar-refractivity contribution in [3.63, 3.8) is 0 Å². The van der Waals surface area contributed by atoms with Crippen LogP contribution >= 0.6 is 0 Å². The number of nitrogens with one attached hydrogen (secondary N) is 2.